The number of aromatic nitrogens is 2. The van der Waals surface area contributed by atoms with Gasteiger partial charge < -0.3 is 19.7 Å². The number of halogens is 1. The van der Waals surface area contributed by atoms with E-state index in [0.29, 0.717) is 18.1 Å². The number of imidazole rings is 1. The SMILES string of the molecule is C=C(O)C(Cn1c(NCCCN2CCOCC2)nc2ccc(CCl)cc21)=N/C(C)=C\C. The summed E-state index contributed by atoms with van der Waals surface area (Å²) in [7, 11) is 0. The summed E-state index contributed by atoms with van der Waals surface area (Å²) in [5.74, 6) is 1.12. The molecule has 8 heteroatoms. The molecule has 1 aliphatic rings. The Kier molecular flexibility index (Phi) is 8.51. The number of morpholine rings is 1. The molecule has 1 saturated heterocycles. The average molecular weight is 446 g/mol. The highest BCUT2D eigenvalue weighted by Crippen LogP contribution is 2.23. The van der Waals surface area contributed by atoms with Crippen molar-refractivity contribution >= 4 is 34.3 Å². The number of nitrogens with zero attached hydrogens (tertiary/aromatic N) is 4. The van der Waals surface area contributed by atoms with Crippen molar-refractivity contribution in [1.82, 2.24) is 14.5 Å². The van der Waals surface area contributed by atoms with Gasteiger partial charge in [-0.2, -0.15) is 0 Å². The highest BCUT2D eigenvalue weighted by atomic mass is 35.5. The van der Waals surface area contributed by atoms with Gasteiger partial charge in [-0.1, -0.05) is 18.7 Å². The summed E-state index contributed by atoms with van der Waals surface area (Å²) >= 11 is 6.06. The maximum absolute atomic E-state index is 10.1. The maximum atomic E-state index is 10.1. The van der Waals surface area contributed by atoms with Gasteiger partial charge in [0.1, 0.15) is 11.5 Å². The van der Waals surface area contributed by atoms with Gasteiger partial charge in [0.15, 0.2) is 0 Å². The molecule has 2 N–H and O–H groups in total. The number of hydrogen-bond acceptors (Lipinski definition) is 6. The molecule has 1 fully saturated rings. The van der Waals surface area contributed by atoms with Crippen molar-refractivity contribution in [3.8, 4) is 0 Å². The molecule has 168 valence electrons. The maximum Gasteiger partial charge on any atom is 0.204 e. The van der Waals surface area contributed by atoms with E-state index in [-0.39, 0.29) is 5.76 Å². The number of aliphatic imine (C=N–C) groups is 1. The van der Waals surface area contributed by atoms with Crippen molar-refractivity contribution in [2.24, 2.45) is 4.99 Å². The van der Waals surface area contributed by atoms with Crippen LogP contribution >= 0.6 is 11.6 Å². The van der Waals surface area contributed by atoms with E-state index in [1.54, 1.807) is 0 Å². The van der Waals surface area contributed by atoms with E-state index in [1.807, 2.05) is 42.7 Å². The summed E-state index contributed by atoms with van der Waals surface area (Å²) in [5, 5.41) is 13.6. The molecule has 3 rings (SSSR count). The molecular weight excluding hydrogens is 414 g/mol. The summed E-state index contributed by atoms with van der Waals surface area (Å²) in [6.45, 7) is 13.3. The standard InChI is InChI=1S/C23H32ClN5O2/c1-4-17(2)26-21(18(3)30)16-29-22-14-19(15-24)6-7-20(22)27-23(29)25-8-5-9-28-10-12-31-13-11-28/h4,6-7,14,30H,3,5,8-13,15-16H2,1-2H3,(H,25,27)/b17-4-,26-21?. The molecule has 0 unspecified atom stereocenters. The molecule has 0 radical (unpaired) electrons. The number of rotatable bonds is 10. The zero-order chi connectivity index (χ0) is 22.2. The van der Waals surface area contributed by atoms with Crippen molar-refractivity contribution in [1.29, 1.82) is 0 Å². The third-order valence-electron chi connectivity index (χ3n) is 5.37. The molecule has 0 saturated carbocycles. The number of fused-ring (bicyclic) bond motifs is 1. The molecule has 1 aromatic heterocycles. The number of aliphatic hydroxyl groups is 1. The molecule has 2 aromatic rings. The first-order valence-electron chi connectivity index (χ1n) is 10.7. The third kappa shape index (κ3) is 6.32. The van der Waals surface area contributed by atoms with Crippen LogP contribution < -0.4 is 5.32 Å². The molecule has 7 nitrogen and oxygen atoms in total. The Bertz CT molecular complexity index is 960. The highest BCUT2D eigenvalue weighted by Gasteiger charge is 2.15. The molecule has 1 aromatic carbocycles. The Morgan fingerprint density at radius 1 is 1.39 bits per heavy atom. The third-order valence-corrected chi connectivity index (χ3v) is 5.68. The second kappa shape index (κ2) is 11.3. The number of hydrogen-bond donors (Lipinski definition) is 2. The van der Waals surface area contributed by atoms with Crippen molar-refractivity contribution < 1.29 is 9.84 Å². The molecule has 0 amide bonds. The molecule has 1 aliphatic heterocycles. The van der Waals surface area contributed by atoms with Gasteiger partial charge in [0.25, 0.3) is 0 Å². The smallest absolute Gasteiger partial charge is 0.204 e. The minimum Gasteiger partial charge on any atom is -0.507 e. The Morgan fingerprint density at radius 2 is 2.16 bits per heavy atom. The lowest BCUT2D eigenvalue weighted by Gasteiger charge is -2.26. The Hall–Kier alpha value is -2.35. The number of allylic oxidation sites excluding steroid dienone is 3. The molecule has 2 heterocycles. The van der Waals surface area contributed by atoms with Crippen LogP contribution in [0.4, 0.5) is 5.95 Å². The molecule has 0 atom stereocenters. The number of alkyl halides is 1. The molecule has 0 bridgehead atoms. The number of ether oxygens (including phenoxy) is 1. The number of anilines is 1. The number of aliphatic hydroxyl groups excluding tert-OH is 1. The zero-order valence-corrected chi connectivity index (χ0v) is 19.2. The summed E-state index contributed by atoms with van der Waals surface area (Å²) in [6.07, 6.45) is 2.90. The molecule has 0 spiro atoms. The van der Waals surface area contributed by atoms with Crippen LogP contribution in [0.3, 0.4) is 0 Å². The second-order valence-electron chi connectivity index (χ2n) is 7.65. The van der Waals surface area contributed by atoms with Crippen LogP contribution in [-0.2, 0) is 17.2 Å². The summed E-state index contributed by atoms with van der Waals surface area (Å²) in [4.78, 5) is 11.7. The van der Waals surface area contributed by atoms with Crippen LogP contribution in [0.2, 0.25) is 0 Å². The van der Waals surface area contributed by atoms with Crippen LogP contribution in [0.15, 0.2) is 47.3 Å². The van der Waals surface area contributed by atoms with Gasteiger partial charge in [0.05, 0.1) is 30.8 Å². The van der Waals surface area contributed by atoms with Gasteiger partial charge in [-0.25, -0.2) is 4.98 Å². The van der Waals surface area contributed by atoms with Crippen LogP contribution in [-0.4, -0.2) is 64.7 Å². The van der Waals surface area contributed by atoms with E-state index in [9.17, 15) is 5.11 Å². The van der Waals surface area contributed by atoms with Gasteiger partial charge in [0.2, 0.25) is 5.95 Å². The van der Waals surface area contributed by atoms with Gasteiger partial charge >= 0.3 is 0 Å². The lowest BCUT2D eigenvalue weighted by molar-refractivity contribution is 0.0378. The first-order chi connectivity index (χ1) is 15.0. The fourth-order valence-electron chi connectivity index (χ4n) is 3.49. The quantitative estimate of drug-likeness (QED) is 0.246. The van der Waals surface area contributed by atoms with Gasteiger partial charge in [0, 0.05) is 31.2 Å². The largest absolute Gasteiger partial charge is 0.507 e. The van der Waals surface area contributed by atoms with Crippen LogP contribution in [0.1, 0.15) is 25.8 Å². The summed E-state index contributed by atoms with van der Waals surface area (Å²) < 4.78 is 7.44. The van der Waals surface area contributed by atoms with Crippen molar-refractivity contribution in [2.75, 3.05) is 44.7 Å². The van der Waals surface area contributed by atoms with E-state index in [1.165, 1.54) is 0 Å². The first-order valence-corrected chi connectivity index (χ1v) is 11.2. The summed E-state index contributed by atoms with van der Waals surface area (Å²) in [5.41, 5.74) is 4.15. The van der Waals surface area contributed by atoms with E-state index in [4.69, 9.17) is 21.3 Å². The van der Waals surface area contributed by atoms with E-state index < -0.39 is 0 Å². The predicted molar refractivity (Wildman–Crippen MR) is 128 cm³/mol. The second-order valence-corrected chi connectivity index (χ2v) is 7.92. The highest BCUT2D eigenvalue weighted by molar-refractivity contribution is 6.17. The molecular formula is C23H32ClN5O2. The van der Waals surface area contributed by atoms with E-state index >= 15 is 0 Å². The monoisotopic (exact) mass is 445 g/mol. The van der Waals surface area contributed by atoms with Gasteiger partial charge in [-0.05, 0) is 44.5 Å². The van der Waals surface area contributed by atoms with Gasteiger partial charge in [-0.15, -0.1) is 11.6 Å². The lowest BCUT2D eigenvalue weighted by atomic mass is 10.2. The van der Waals surface area contributed by atoms with Crippen LogP contribution in [0.25, 0.3) is 11.0 Å². The Labute approximate surface area is 189 Å². The van der Waals surface area contributed by atoms with Crippen molar-refractivity contribution in [2.45, 2.75) is 32.7 Å². The normalized spacial score (nSPS) is 16.1. The predicted octanol–water partition coefficient (Wildman–Crippen LogP) is 4.35. The van der Waals surface area contributed by atoms with Crippen molar-refractivity contribution in [3.63, 3.8) is 0 Å². The Morgan fingerprint density at radius 3 is 2.84 bits per heavy atom. The number of nitrogens with one attached hydrogen (secondary N) is 1. The molecule has 0 aliphatic carbocycles. The lowest BCUT2D eigenvalue weighted by Crippen LogP contribution is -2.37. The average Bonchev–Trinajstić information content (AvgIpc) is 3.13. The first kappa shape index (κ1) is 23.3. The van der Waals surface area contributed by atoms with E-state index in [2.05, 4.69) is 21.8 Å². The fraction of sp³-hybridized carbons (Fsp3) is 0.478. The topological polar surface area (TPSA) is 74.9 Å². The van der Waals surface area contributed by atoms with Crippen LogP contribution in [0.5, 0.6) is 0 Å². The number of benzene rings is 1. The Balaban J connectivity index is 1.82. The summed E-state index contributed by atoms with van der Waals surface area (Å²) in [6, 6.07) is 6.00. The van der Waals surface area contributed by atoms with Crippen LogP contribution in [0, 0.1) is 0 Å². The molecule has 31 heavy (non-hydrogen) atoms. The van der Waals surface area contributed by atoms with E-state index in [0.717, 1.165) is 74.1 Å². The minimum atomic E-state index is -0.0465. The zero-order valence-electron chi connectivity index (χ0n) is 18.4. The van der Waals surface area contributed by atoms with Gasteiger partial charge in [-0.3, -0.25) is 9.89 Å². The van der Waals surface area contributed by atoms with Crippen molar-refractivity contribution in [3.05, 3.63) is 47.9 Å². The minimum absolute atomic E-state index is 0.0465. The fourth-order valence-corrected chi connectivity index (χ4v) is 3.66.